The maximum atomic E-state index is 12.6. The molecule has 0 aromatic carbocycles. The minimum absolute atomic E-state index is 0.190. The van der Waals surface area contributed by atoms with E-state index in [1.165, 1.54) is 4.98 Å². The van der Waals surface area contributed by atoms with Crippen molar-refractivity contribution in [3.63, 3.8) is 0 Å². The predicted molar refractivity (Wildman–Crippen MR) is 50.1 cm³/mol. The van der Waals surface area contributed by atoms with Gasteiger partial charge in [-0.2, -0.15) is 13.2 Å². The highest BCUT2D eigenvalue weighted by Gasteiger charge is 2.38. The standard InChI is InChI=1S/C9H5F6NO4/c10-8(11,12)3-1-5(20-9(13,14)15)7(19)16-4(3)2-6(17)18/h1H,2H2,(H,16,19)(H,17,18). The van der Waals surface area contributed by atoms with Crippen molar-refractivity contribution < 1.29 is 41.0 Å². The number of hydrogen-bond acceptors (Lipinski definition) is 3. The largest absolute Gasteiger partial charge is 0.573 e. The number of aromatic nitrogens is 1. The van der Waals surface area contributed by atoms with Gasteiger partial charge >= 0.3 is 18.5 Å². The summed E-state index contributed by atoms with van der Waals surface area (Å²) in [5, 5.41) is 8.40. The minimum atomic E-state index is -5.36. The molecule has 0 saturated heterocycles. The fourth-order valence-electron chi connectivity index (χ4n) is 1.29. The summed E-state index contributed by atoms with van der Waals surface area (Å²) in [6.45, 7) is 0. The normalized spacial score (nSPS) is 12.3. The van der Waals surface area contributed by atoms with Crippen molar-refractivity contribution in [3.8, 4) is 5.75 Å². The highest BCUT2D eigenvalue weighted by atomic mass is 19.4. The zero-order valence-electron chi connectivity index (χ0n) is 9.22. The summed E-state index contributed by atoms with van der Waals surface area (Å²) >= 11 is 0. The number of aromatic amines is 1. The van der Waals surface area contributed by atoms with E-state index in [-0.39, 0.29) is 6.07 Å². The molecule has 0 unspecified atom stereocenters. The van der Waals surface area contributed by atoms with Gasteiger partial charge in [0.05, 0.1) is 12.0 Å². The van der Waals surface area contributed by atoms with E-state index in [1.807, 2.05) is 0 Å². The third-order valence-corrected chi connectivity index (χ3v) is 1.95. The number of halogens is 6. The van der Waals surface area contributed by atoms with Crippen molar-refractivity contribution in [2.75, 3.05) is 0 Å². The van der Waals surface area contributed by atoms with Gasteiger partial charge in [-0.05, 0) is 0 Å². The number of carbonyl (C=O) groups is 1. The fourth-order valence-corrected chi connectivity index (χ4v) is 1.29. The molecule has 0 fully saturated rings. The molecule has 0 aliphatic carbocycles. The van der Waals surface area contributed by atoms with E-state index in [0.29, 0.717) is 0 Å². The summed E-state index contributed by atoms with van der Waals surface area (Å²) in [5.74, 6) is -3.32. The van der Waals surface area contributed by atoms with Crippen LogP contribution in [0, 0.1) is 0 Å². The first-order valence-corrected chi connectivity index (χ1v) is 4.71. The first kappa shape index (κ1) is 15.9. The van der Waals surface area contributed by atoms with Crippen LogP contribution < -0.4 is 10.3 Å². The lowest BCUT2D eigenvalue weighted by Gasteiger charge is -2.14. The van der Waals surface area contributed by atoms with Crippen LogP contribution >= 0.6 is 0 Å². The van der Waals surface area contributed by atoms with Gasteiger partial charge in [-0.15, -0.1) is 13.2 Å². The van der Waals surface area contributed by atoms with Crippen molar-refractivity contribution in [2.24, 2.45) is 0 Å². The monoisotopic (exact) mass is 305 g/mol. The van der Waals surface area contributed by atoms with Gasteiger partial charge in [0.1, 0.15) is 0 Å². The Bertz CT molecular complexity index is 573. The highest BCUT2D eigenvalue weighted by molar-refractivity contribution is 5.70. The van der Waals surface area contributed by atoms with E-state index in [4.69, 9.17) is 5.11 Å². The van der Waals surface area contributed by atoms with Crippen molar-refractivity contribution in [3.05, 3.63) is 27.7 Å². The number of ether oxygens (including phenoxy) is 1. The van der Waals surface area contributed by atoms with E-state index >= 15 is 0 Å². The lowest BCUT2D eigenvalue weighted by atomic mass is 10.1. The van der Waals surface area contributed by atoms with E-state index in [0.717, 1.165) is 0 Å². The van der Waals surface area contributed by atoms with Gasteiger partial charge in [0, 0.05) is 11.8 Å². The average Bonchev–Trinajstić information content (AvgIpc) is 2.17. The Balaban J connectivity index is 3.40. The molecule has 0 aliphatic rings. The second kappa shape index (κ2) is 5.06. The van der Waals surface area contributed by atoms with Crippen molar-refractivity contribution in [1.82, 2.24) is 4.98 Å². The van der Waals surface area contributed by atoms with Crippen LogP contribution in [0.2, 0.25) is 0 Å². The van der Waals surface area contributed by atoms with Crippen LogP contribution in [-0.4, -0.2) is 22.4 Å². The Morgan fingerprint density at radius 2 is 1.80 bits per heavy atom. The van der Waals surface area contributed by atoms with E-state index < -0.39 is 47.5 Å². The molecule has 0 saturated carbocycles. The maximum absolute atomic E-state index is 12.6. The molecule has 0 amide bonds. The number of rotatable bonds is 3. The van der Waals surface area contributed by atoms with Crippen LogP contribution in [0.25, 0.3) is 0 Å². The summed E-state index contributed by atoms with van der Waals surface area (Å²) in [7, 11) is 0. The molecular weight excluding hydrogens is 300 g/mol. The second-order valence-electron chi connectivity index (χ2n) is 3.47. The third-order valence-electron chi connectivity index (χ3n) is 1.95. The minimum Gasteiger partial charge on any atom is -0.481 e. The van der Waals surface area contributed by atoms with E-state index in [1.54, 1.807) is 0 Å². The van der Waals surface area contributed by atoms with Gasteiger partial charge in [-0.3, -0.25) is 9.59 Å². The molecule has 1 heterocycles. The Labute approximate surface area is 105 Å². The lowest BCUT2D eigenvalue weighted by molar-refractivity contribution is -0.275. The Kier molecular flexibility index (Phi) is 4.01. The molecule has 0 radical (unpaired) electrons. The van der Waals surface area contributed by atoms with Gasteiger partial charge in [-0.25, -0.2) is 0 Å². The van der Waals surface area contributed by atoms with Crippen LogP contribution in [0.3, 0.4) is 0 Å². The molecular formula is C9H5F6NO4. The molecule has 0 aliphatic heterocycles. The number of alkyl halides is 6. The van der Waals surface area contributed by atoms with E-state index in [2.05, 4.69) is 4.74 Å². The lowest BCUT2D eigenvalue weighted by Crippen LogP contribution is -2.26. The summed E-state index contributed by atoms with van der Waals surface area (Å²) in [6, 6.07) is -0.190. The SMILES string of the molecule is O=C(O)Cc1[nH]c(=O)c(OC(F)(F)F)cc1C(F)(F)F. The maximum Gasteiger partial charge on any atom is 0.573 e. The molecule has 0 bridgehead atoms. The molecule has 0 spiro atoms. The Hall–Kier alpha value is -2.20. The number of carboxylic acid groups (broad SMARTS) is 1. The second-order valence-corrected chi connectivity index (χ2v) is 3.47. The molecule has 2 N–H and O–H groups in total. The van der Waals surface area contributed by atoms with Crippen molar-refractivity contribution in [1.29, 1.82) is 0 Å². The first-order chi connectivity index (χ1) is 8.90. The van der Waals surface area contributed by atoms with Crippen LogP contribution in [-0.2, 0) is 17.4 Å². The zero-order valence-corrected chi connectivity index (χ0v) is 9.22. The summed E-state index contributed by atoms with van der Waals surface area (Å²) in [5.41, 5.74) is -4.41. The third kappa shape index (κ3) is 4.17. The van der Waals surface area contributed by atoms with Gasteiger partial charge in [0.15, 0.2) is 5.75 Å². The predicted octanol–water partition coefficient (Wildman–Crippen LogP) is 1.92. The van der Waals surface area contributed by atoms with E-state index in [9.17, 15) is 35.9 Å². The molecule has 20 heavy (non-hydrogen) atoms. The van der Waals surface area contributed by atoms with Crippen LogP contribution in [0.5, 0.6) is 5.75 Å². The number of H-pyrrole nitrogens is 1. The fraction of sp³-hybridized carbons (Fsp3) is 0.333. The Morgan fingerprint density at radius 1 is 1.25 bits per heavy atom. The van der Waals surface area contributed by atoms with Crippen LogP contribution in [0.15, 0.2) is 10.9 Å². The van der Waals surface area contributed by atoms with Gasteiger partial charge in [0.2, 0.25) is 0 Å². The van der Waals surface area contributed by atoms with Gasteiger partial charge < -0.3 is 14.8 Å². The molecule has 1 aromatic heterocycles. The number of aliphatic carboxylic acids is 1. The van der Waals surface area contributed by atoms with Crippen molar-refractivity contribution >= 4 is 5.97 Å². The van der Waals surface area contributed by atoms with Crippen molar-refractivity contribution in [2.45, 2.75) is 19.0 Å². The number of pyridine rings is 1. The first-order valence-electron chi connectivity index (χ1n) is 4.71. The van der Waals surface area contributed by atoms with Crippen LogP contribution in [0.4, 0.5) is 26.3 Å². The summed E-state index contributed by atoms with van der Waals surface area (Å²) < 4.78 is 76.6. The quantitative estimate of drug-likeness (QED) is 0.836. The molecule has 1 aromatic rings. The average molecular weight is 305 g/mol. The summed E-state index contributed by atoms with van der Waals surface area (Å²) in [4.78, 5) is 22.9. The molecule has 1 rings (SSSR count). The number of nitrogens with one attached hydrogen (secondary N) is 1. The zero-order chi connectivity index (χ0) is 15.7. The molecule has 112 valence electrons. The molecule has 5 nitrogen and oxygen atoms in total. The summed E-state index contributed by atoms with van der Waals surface area (Å²) in [6.07, 6.45) is -11.7. The number of hydrogen-bond donors (Lipinski definition) is 2. The van der Waals surface area contributed by atoms with Gasteiger partial charge in [-0.1, -0.05) is 0 Å². The van der Waals surface area contributed by atoms with Crippen LogP contribution in [0.1, 0.15) is 11.3 Å². The smallest absolute Gasteiger partial charge is 0.481 e. The topological polar surface area (TPSA) is 79.4 Å². The molecule has 11 heteroatoms. The Morgan fingerprint density at radius 3 is 2.20 bits per heavy atom. The molecule has 0 atom stereocenters. The number of carboxylic acids is 1. The van der Waals surface area contributed by atoms with Gasteiger partial charge in [0.25, 0.3) is 5.56 Å². The highest BCUT2D eigenvalue weighted by Crippen LogP contribution is 2.33.